The Bertz CT molecular complexity index is 1180. The van der Waals surface area contributed by atoms with Crippen molar-refractivity contribution in [3.63, 3.8) is 0 Å². The first-order valence-corrected chi connectivity index (χ1v) is 9.47. The van der Waals surface area contributed by atoms with Gasteiger partial charge in [-0.2, -0.15) is 0 Å². The number of hydrogen-bond acceptors (Lipinski definition) is 5. The van der Waals surface area contributed by atoms with E-state index in [0.717, 1.165) is 11.1 Å². The summed E-state index contributed by atoms with van der Waals surface area (Å²) in [4.78, 5) is 8.41. The van der Waals surface area contributed by atoms with Gasteiger partial charge in [0, 0.05) is 29.0 Å². The van der Waals surface area contributed by atoms with Gasteiger partial charge in [0.15, 0.2) is 0 Å². The Balaban J connectivity index is 1.65. The van der Waals surface area contributed by atoms with E-state index in [1.165, 1.54) is 18.2 Å². The molecule has 3 N–H and O–H groups in total. The lowest BCUT2D eigenvalue weighted by atomic mass is 10.00. The Morgan fingerprint density at radius 1 is 1.00 bits per heavy atom. The van der Waals surface area contributed by atoms with E-state index < -0.39 is 5.82 Å². The van der Waals surface area contributed by atoms with Crippen molar-refractivity contribution in [3.05, 3.63) is 89.3 Å². The van der Waals surface area contributed by atoms with E-state index in [2.05, 4.69) is 9.97 Å². The van der Waals surface area contributed by atoms with E-state index in [1.54, 1.807) is 24.4 Å². The number of aromatic nitrogens is 2. The second kappa shape index (κ2) is 8.39. The lowest BCUT2D eigenvalue weighted by molar-refractivity contribution is 0.298. The molecule has 0 unspecified atom stereocenters. The van der Waals surface area contributed by atoms with Crippen molar-refractivity contribution in [3.8, 4) is 33.9 Å². The minimum Gasteiger partial charge on any atom is -0.507 e. The largest absolute Gasteiger partial charge is 0.507 e. The first kappa shape index (κ1) is 19.7. The lowest BCUT2D eigenvalue weighted by Gasteiger charge is -2.13. The summed E-state index contributed by atoms with van der Waals surface area (Å²) in [5, 5.41) is 10.9. The molecule has 4 rings (SSSR count). The highest BCUT2D eigenvalue weighted by atomic mass is 35.5. The number of nitrogens with two attached hydrogens (primary N) is 1. The van der Waals surface area contributed by atoms with Gasteiger partial charge in [0.2, 0.25) is 5.95 Å². The quantitative estimate of drug-likeness (QED) is 0.446. The van der Waals surface area contributed by atoms with Crippen LogP contribution in [-0.2, 0) is 6.61 Å². The Kier molecular flexibility index (Phi) is 5.50. The number of nitrogens with zero attached hydrogens (tertiary/aromatic N) is 2. The maximum Gasteiger partial charge on any atom is 0.220 e. The summed E-state index contributed by atoms with van der Waals surface area (Å²) >= 11 is 6.03. The molecule has 0 fully saturated rings. The number of ether oxygens (including phenoxy) is 1. The second-order valence-corrected chi connectivity index (χ2v) is 6.93. The van der Waals surface area contributed by atoms with Gasteiger partial charge in [0.25, 0.3) is 0 Å². The van der Waals surface area contributed by atoms with Crippen molar-refractivity contribution in [2.75, 3.05) is 5.73 Å². The van der Waals surface area contributed by atoms with Crippen LogP contribution in [0.1, 0.15) is 5.56 Å². The van der Waals surface area contributed by atoms with Crippen LogP contribution in [0.15, 0.2) is 72.9 Å². The molecule has 0 saturated heterocycles. The van der Waals surface area contributed by atoms with Gasteiger partial charge in [-0.3, -0.25) is 0 Å². The Hall–Kier alpha value is -3.64. The van der Waals surface area contributed by atoms with Crippen LogP contribution < -0.4 is 10.5 Å². The zero-order valence-electron chi connectivity index (χ0n) is 15.7. The molecule has 0 saturated carbocycles. The van der Waals surface area contributed by atoms with E-state index in [1.807, 2.05) is 30.3 Å². The minimum atomic E-state index is -0.452. The number of rotatable bonds is 5. The Morgan fingerprint density at radius 3 is 2.53 bits per heavy atom. The molecule has 0 aliphatic carbocycles. The van der Waals surface area contributed by atoms with Crippen LogP contribution in [0, 0.1) is 5.82 Å². The van der Waals surface area contributed by atoms with Crippen LogP contribution in [0.4, 0.5) is 10.3 Å². The Morgan fingerprint density at radius 2 is 1.80 bits per heavy atom. The monoisotopic (exact) mass is 421 g/mol. The fraction of sp³-hybridized carbons (Fsp3) is 0.0435. The number of hydrogen-bond donors (Lipinski definition) is 2. The standard InChI is InChI=1S/C23H17ClFN3O2/c24-19-7-4-8-20(25)18(19)13-30-15-9-10-16(21(29)11-15)22-17(12-27-23(26)28-22)14-5-2-1-3-6-14/h1-12,29H,13H2,(H2,26,27,28). The van der Waals surface area contributed by atoms with Gasteiger partial charge in [-0.05, 0) is 29.8 Å². The average Bonchev–Trinajstić information content (AvgIpc) is 2.74. The summed E-state index contributed by atoms with van der Waals surface area (Å²) in [6, 6.07) is 18.8. The summed E-state index contributed by atoms with van der Waals surface area (Å²) < 4.78 is 19.5. The van der Waals surface area contributed by atoms with Gasteiger partial charge in [0.05, 0.1) is 10.7 Å². The highest BCUT2D eigenvalue weighted by Crippen LogP contribution is 2.37. The second-order valence-electron chi connectivity index (χ2n) is 6.52. The normalized spacial score (nSPS) is 10.7. The molecular weight excluding hydrogens is 405 g/mol. The molecule has 0 aliphatic rings. The third-order valence-electron chi connectivity index (χ3n) is 4.56. The molecule has 30 heavy (non-hydrogen) atoms. The summed E-state index contributed by atoms with van der Waals surface area (Å²) in [5.74, 6) is -0.0489. The molecule has 1 aromatic heterocycles. The molecule has 0 bridgehead atoms. The molecule has 150 valence electrons. The molecule has 3 aromatic carbocycles. The molecule has 5 nitrogen and oxygen atoms in total. The number of phenolic OH excluding ortho intramolecular Hbond substituents is 1. The molecule has 0 radical (unpaired) electrons. The zero-order valence-corrected chi connectivity index (χ0v) is 16.5. The van der Waals surface area contributed by atoms with Crippen LogP contribution in [0.2, 0.25) is 5.02 Å². The van der Waals surface area contributed by atoms with Crippen LogP contribution in [0.25, 0.3) is 22.4 Å². The molecule has 0 aliphatic heterocycles. The fourth-order valence-corrected chi connectivity index (χ4v) is 3.27. The molecule has 0 atom stereocenters. The van der Waals surface area contributed by atoms with Crippen LogP contribution in [0.3, 0.4) is 0 Å². The van der Waals surface area contributed by atoms with Crippen molar-refractivity contribution < 1.29 is 14.2 Å². The molecule has 0 amide bonds. The number of aromatic hydroxyl groups is 1. The van der Waals surface area contributed by atoms with E-state index in [9.17, 15) is 9.50 Å². The molecule has 7 heteroatoms. The SMILES string of the molecule is Nc1ncc(-c2ccccc2)c(-c2ccc(OCc3c(F)cccc3Cl)cc2O)n1. The molecule has 4 aromatic rings. The molecular formula is C23H17ClFN3O2. The van der Waals surface area contributed by atoms with E-state index in [4.69, 9.17) is 22.1 Å². The van der Waals surface area contributed by atoms with Crippen LogP contribution >= 0.6 is 11.6 Å². The predicted octanol–water partition coefficient (Wildman–Crippen LogP) is 5.47. The maximum absolute atomic E-state index is 13.9. The fourth-order valence-electron chi connectivity index (χ4n) is 3.06. The molecule has 1 heterocycles. The minimum absolute atomic E-state index is 0.0533. The van der Waals surface area contributed by atoms with Gasteiger partial charge in [-0.25, -0.2) is 14.4 Å². The number of halogens is 2. The third kappa shape index (κ3) is 4.04. The first-order valence-electron chi connectivity index (χ1n) is 9.10. The summed E-state index contributed by atoms with van der Waals surface area (Å²) in [6.07, 6.45) is 1.62. The highest BCUT2D eigenvalue weighted by Gasteiger charge is 2.15. The van der Waals surface area contributed by atoms with E-state index >= 15 is 0 Å². The number of phenols is 1. The first-order chi connectivity index (χ1) is 14.5. The average molecular weight is 422 g/mol. The smallest absolute Gasteiger partial charge is 0.220 e. The highest BCUT2D eigenvalue weighted by molar-refractivity contribution is 6.31. The van der Waals surface area contributed by atoms with E-state index in [0.29, 0.717) is 17.0 Å². The van der Waals surface area contributed by atoms with Crippen molar-refractivity contribution in [1.82, 2.24) is 9.97 Å². The Labute approximate surface area is 177 Å². The van der Waals surface area contributed by atoms with Gasteiger partial charge < -0.3 is 15.6 Å². The maximum atomic E-state index is 13.9. The summed E-state index contributed by atoms with van der Waals surface area (Å²) in [5.41, 5.74) is 8.62. The van der Waals surface area contributed by atoms with E-state index in [-0.39, 0.29) is 28.9 Å². The summed E-state index contributed by atoms with van der Waals surface area (Å²) in [6.45, 7) is -0.0694. The number of benzene rings is 3. The van der Waals surface area contributed by atoms with Crippen LogP contribution in [-0.4, -0.2) is 15.1 Å². The number of anilines is 1. The third-order valence-corrected chi connectivity index (χ3v) is 4.92. The summed E-state index contributed by atoms with van der Waals surface area (Å²) in [7, 11) is 0. The van der Waals surface area contributed by atoms with Crippen LogP contribution in [0.5, 0.6) is 11.5 Å². The van der Waals surface area contributed by atoms with Gasteiger partial charge in [-0.1, -0.05) is 48.0 Å². The topological polar surface area (TPSA) is 81.3 Å². The van der Waals surface area contributed by atoms with Crippen molar-refractivity contribution in [1.29, 1.82) is 0 Å². The zero-order chi connectivity index (χ0) is 21.1. The van der Waals surface area contributed by atoms with Crippen molar-refractivity contribution in [2.24, 2.45) is 0 Å². The van der Waals surface area contributed by atoms with Crippen molar-refractivity contribution in [2.45, 2.75) is 6.61 Å². The predicted molar refractivity (Wildman–Crippen MR) is 115 cm³/mol. The van der Waals surface area contributed by atoms with Gasteiger partial charge in [-0.15, -0.1) is 0 Å². The lowest BCUT2D eigenvalue weighted by Crippen LogP contribution is -2.00. The molecule has 0 spiro atoms. The van der Waals surface area contributed by atoms with Crippen molar-refractivity contribution >= 4 is 17.5 Å². The number of nitrogen functional groups attached to an aromatic ring is 1. The van der Waals surface area contributed by atoms with Gasteiger partial charge >= 0.3 is 0 Å². The van der Waals surface area contributed by atoms with Gasteiger partial charge in [0.1, 0.15) is 23.9 Å².